The molecule has 0 aliphatic rings. The topological polar surface area (TPSA) is 73.1 Å². The van der Waals surface area contributed by atoms with E-state index in [9.17, 15) is 0 Å². The standard InChI is InChI=1S/C13H24N4O/c1-5-13(6-2,9-14)17-11-7-15-8-12(16-11)18-10(3)4/h7-8,10H,5-6,9,14H2,1-4H3,(H,16,17). The maximum atomic E-state index is 5.85. The minimum absolute atomic E-state index is 0.0890. The summed E-state index contributed by atoms with van der Waals surface area (Å²) in [4.78, 5) is 8.52. The van der Waals surface area contributed by atoms with E-state index in [1.807, 2.05) is 13.8 Å². The molecule has 5 nitrogen and oxygen atoms in total. The number of rotatable bonds is 7. The van der Waals surface area contributed by atoms with E-state index in [0.717, 1.165) is 12.8 Å². The second kappa shape index (κ2) is 6.54. The summed E-state index contributed by atoms with van der Waals surface area (Å²) in [7, 11) is 0. The highest BCUT2D eigenvalue weighted by molar-refractivity contribution is 5.37. The third-order valence-electron chi connectivity index (χ3n) is 3.11. The normalized spacial score (nSPS) is 11.7. The Hall–Kier alpha value is -1.36. The summed E-state index contributed by atoms with van der Waals surface area (Å²) >= 11 is 0. The van der Waals surface area contributed by atoms with Crippen molar-refractivity contribution in [1.29, 1.82) is 0 Å². The third kappa shape index (κ3) is 3.84. The summed E-state index contributed by atoms with van der Waals surface area (Å²) in [6.45, 7) is 8.72. The van der Waals surface area contributed by atoms with Crippen LogP contribution >= 0.6 is 0 Å². The van der Waals surface area contributed by atoms with Crippen LogP contribution in [0.15, 0.2) is 12.4 Å². The van der Waals surface area contributed by atoms with Crippen LogP contribution in [0.5, 0.6) is 5.88 Å². The summed E-state index contributed by atoms with van der Waals surface area (Å²) in [5.41, 5.74) is 5.73. The Balaban J connectivity index is 2.83. The van der Waals surface area contributed by atoms with Crippen molar-refractivity contribution in [1.82, 2.24) is 9.97 Å². The van der Waals surface area contributed by atoms with Gasteiger partial charge in [-0.3, -0.25) is 4.98 Å². The minimum atomic E-state index is -0.120. The lowest BCUT2D eigenvalue weighted by atomic mass is 9.93. The number of anilines is 1. The molecule has 1 rings (SSSR count). The first-order chi connectivity index (χ1) is 8.55. The average molecular weight is 252 g/mol. The summed E-state index contributed by atoms with van der Waals surface area (Å²) in [6, 6.07) is 0. The lowest BCUT2D eigenvalue weighted by Crippen LogP contribution is -2.44. The number of aromatic nitrogens is 2. The molecule has 0 atom stereocenters. The van der Waals surface area contributed by atoms with Gasteiger partial charge in [0.2, 0.25) is 5.88 Å². The third-order valence-corrected chi connectivity index (χ3v) is 3.11. The molecule has 0 radical (unpaired) electrons. The van der Waals surface area contributed by atoms with Crippen molar-refractivity contribution in [3.05, 3.63) is 12.4 Å². The first-order valence-electron chi connectivity index (χ1n) is 6.52. The molecule has 3 N–H and O–H groups in total. The van der Waals surface area contributed by atoms with E-state index in [0.29, 0.717) is 18.2 Å². The Morgan fingerprint density at radius 2 is 2.00 bits per heavy atom. The van der Waals surface area contributed by atoms with Crippen LogP contribution in [0.4, 0.5) is 5.82 Å². The highest BCUT2D eigenvalue weighted by atomic mass is 16.5. The molecule has 1 heterocycles. The fourth-order valence-electron chi connectivity index (χ4n) is 1.74. The van der Waals surface area contributed by atoms with Crippen LogP contribution in [0.1, 0.15) is 40.5 Å². The van der Waals surface area contributed by atoms with E-state index in [1.54, 1.807) is 12.4 Å². The fraction of sp³-hybridized carbons (Fsp3) is 0.692. The highest BCUT2D eigenvalue weighted by Gasteiger charge is 2.24. The zero-order valence-electron chi connectivity index (χ0n) is 11.7. The number of hydrogen-bond acceptors (Lipinski definition) is 5. The van der Waals surface area contributed by atoms with Gasteiger partial charge in [0.05, 0.1) is 24.0 Å². The molecule has 0 bridgehead atoms. The van der Waals surface area contributed by atoms with Crippen molar-refractivity contribution in [2.24, 2.45) is 5.73 Å². The minimum Gasteiger partial charge on any atom is -0.474 e. The predicted octanol–water partition coefficient (Wildman–Crippen LogP) is 2.19. The molecule has 0 aliphatic carbocycles. The van der Waals surface area contributed by atoms with Gasteiger partial charge in [-0.05, 0) is 26.7 Å². The molecule has 0 aromatic carbocycles. The Morgan fingerprint density at radius 3 is 2.50 bits per heavy atom. The Bertz CT molecular complexity index is 355. The summed E-state index contributed by atoms with van der Waals surface area (Å²) in [5, 5.41) is 3.38. The molecular weight excluding hydrogens is 228 g/mol. The van der Waals surface area contributed by atoms with Crippen LogP contribution in [-0.4, -0.2) is 28.2 Å². The van der Waals surface area contributed by atoms with Crippen molar-refractivity contribution in [3.8, 4) is 5.88 Å². The van der Waals surface area contributed by atoms with Gasteiger partial charge in [0.15, 0.2) is 0 Å². The van der Waals surface area contributed by atoms with Crippen molar-refractivity contribution in [3.63, 3.8) is 0 Å². The van der Waals surface area contributed by atoms with Crippen molar-refractivity contribution >= 4 is 5.82 Å². The lowest BCUT2D eigenvalue weighted by molar-refractivity contribution is 0.232. The van der Waals surface area contributed by atoms with Gasteiger partial charge >= 0.3 is 0 Å². The molecule has 1 aromatic heterocycles. The molecule has 0 unspecified atom stereocenters. The molecule has 0 spiro atoms. The van der Waals surface area contributed by atoms with Gasteiger partial charge in [-0.15, -0.1) is 0 Å². The molecule has 0 fully saturated rings. The van der Waals surface area contributed by atoms with Gasteiger partial charge in [-0.1, -0.05) is 13.8 Å². The molecular formula is C13H24N4O. The Kier molecular flexibility index (Phi) is 5.34. The molecule has 102 valence electrons. The van der Waals surface area contributed by atoms with Crippen LogP contribution in [0, 0.1) is 0 Å². The molecule has 0 amide bonds. The van der Waals surface area contributed by atoms with Gasteiger partial charge in [0.25, 0.3) is 0 Å². The lowest BCUT2D eigenvalue weighted by Gasteiger charge is -2.31. The quantitative estimate of drug-likeness (QED) is 0.778. The average Bonchev–Trinajstić information content (AvgIpc) is 2.36. The number of nitrogens with two attached hydrogens (primary N) is 1. The smallest absolute Gasteiger partial charge is 0.234 e. The zero-order chi connectivity index (χ0) is 13.6. The van der Waals surface area contributed by atoms with E-state index < -0.39 is 0 Å². The maximum absolute atomic E-state index is 5.85. The molecule has 0 saturated carbocycles. The molecule has 18 heavy (non-hydrogen) atoms. The second-order valence-corrected chi connectivity index (χ2v) is 4.73. The van der Waals surface area contributed by atoms with Crippen molar-refractivity contribution in [2.45, 2.75) is 52.2 Å². The molecule has 5 heteroatoms. The molecule has 0 aliphatic heterocycles. The summed E-state index contributed by atoms with van der Waals surface area (Å²) in [5.74, 6) is 1.25. The SMILES string of the molecule is CCC(CC)(CN)Nc1cncc(OC(C)C)n1. The van der Waals surface area contributed by atoms with Gasteiger partial charge in [-0.25, -0.2) is 0 Å². The van der Waals surface area contributed by atoms with Gasteiger partial charge in [-0.2, -0.15) is 4.98 Å². The molecule has 1 aromatic rings. The van der Waals surface area contributed by atoms with E-state index >= 15 is 0 Å². The molecule has 0 saturated heterocycles. The van der Waals surface area contributed by atoms with Gasteiger partial charge in [0.1, 0.15) is 5.82 Å². The van der Waals surface area contributed by atoms with Crippen LogP contribution in [-0.2, 0) is 0 Å². The number of hydrogen-bond donors (Lipinski definition) is 2. The second-order valence-electron chi connectivity index (χ2n) is 4.73. The van der Waals surface area contributed by atoms with Gasteiger partial charge in [0, 0.05) is 6.54 Å². The zero-order valence-corrected chi connectivity index (χ0v) is 11.7. The van der Waals surface area contributed by atoms with Crippen molar-refractivity contribution in [2.75, 3.05) is 11.9 Å². The van der Waals surface area contributed by atoms with Crippen LogP contribution in [0.3, 0.4) is 0 Å². The Labute approximate surface area is 109 Å². The monoisotopic (exact) mass is 252 g/mol. The van der Waals surface area contributed by atoms with E-state index in [-0.39, 0.29) is 11.6 Å². The van der Waals surface area contributed by atoms with E-state index in [1.165, 1.54) is 0 Å². The number of nitrogens with one attached hydrogen (secondary N) is 1. The van der Waals surface area contributed by atoms with Gasteiger partial charge < -0.3 is 15.8 Å². The first kappa shape index (κ1) is 14.7. The first-order valence-corrected chi connectivity index (χ1v) is 6.52. The van der Waals surface area contributed by atoms with Crippen LogP contribution in [0.2, 0.25) is 0 Å². The van der Waals surface area contributed by atoms with Crippen molar-refractivity contribution < 1.29 is 4.74 Å². The van der Waals surface area contributed by atoms with Crippen LogP contribution < -0.4 is 15.8 Å². The largest absolute Gasteiger partial charge is 0.474 e. The summed E-state index contributed by atoms with van der Waals surface area (Å²) in [6.07, 6.45) is 5.29. The summed E-state index contributed by atoms with van der Waals surface area (Å²) < 4.78 is 5.53. The number of nitrogens with zero attached hydrogens (tertiary/aromatic N) is 2. The maximum Gasteiger partial charge on any atom is 0.234 e. The predicted molar refractivity (Wildman–Crippen MR) is 73.8 cm³/mol. The van der Waals surface area contributed by atoms with E-state index in [2.05, 4.69) is 29.1 Å². The van der Waals surface area contributed by atoms with Crippen LogP contribution in [0.25, 0.3) is 0 Å². The fourth-order valence-corrected chi connectivity index (χ4v) is 1.74. The Morgan fingerprint density at radius 1 is 1.33 bits per heavy atom. The van der Waals surface area contributed by atoms with E-state index in [4.69, 9.17) is 10.5 Å². The number of ether oxygens (including phenoxy) is 1. The highest BCUT2D eigenvalue weighted by Crippen LogP contribution is 2.20.